The number of alkyl halides is 3. The molecule has 0 aliphatic heterocycles. The van der Waals surface area contributed by atoms with Gasteiger partial charge in [-0.25, -0.2) is 0 Å². The van der Waals surface area contributed by atoms with Crippen molar-refractivity contribution in [3.05, 3.63) is 74.3 Å². The van der Waals surface area contributed by atoms with E-state index in [0.717, 1.165) is 12.1 Å². The van der Waals surface area contributed by atoms with Crippen molar-refractivity contribution in [1.82, 2.24) is 14.5 Å². The van der Waals surface area contributed by atoms with E-state index in [2.05, 4.69) is 4.98 Å². The summed E-state index contributed by atoms with van der Waals surface area (Å²) in [6, 6.07) is 9.33. The molecule has 0 radical (unpaired) electrons. The summed E-state index contributed by atoms with van der Waals surface area (Å²) in [6.07, 6.45) is -3.78. The second kappa shape index (κ2) is 9.66. The van der Waals surface area contributed by atoms with Crippen LogP contribution in [0.3, 0.4) is 0 Å². The zero-order valence-electron chi connectivity index (χ0n) is 17.5. The van der Waals surface area contributed by atoms with Crippen LogP contribution in [0.5, 0.6) is 0 Å². The minimum absolute atomic E-state index is 0.131. The van der Waals surface area contributed by atoms with Gasteiger partial charge in [0.25, 0.3) is 11.5 Å². The van der Waals surface area contributed by atoms with Gasteiger partial charge in [0.2, 0.25) is 0 Å². The number of nitrogens with one attached hydrogen (secondary N) is 1. The maximum absolute atomic E-state index is 12.8. The molecule has 10 heteroatoms. The Hall–Kier alpha value is -2.98. The first-order valence-corrected chi connectivity index (χ1v) is 10.2. The Balaban J connectivity index is 1.81. The Morgan fingerprint density at radius 2 is 1.88 bits per heavy atom. The number of carbonyl (C=O) groups is 1. The molecule has 3 aromatic rings. The number of aromatic nitrogens is 2. The zero-order chi connectivity index (χ0) is 23.5. The number of rotatable bonds is 7. The van der Waals surface area contributed by atoms with Gasteiger partial charge in [-0.05, 0) is 54.5 Å². The van der Waals surface area contributed by atoms with Crippen LogP contribution in [-0.4, -0.2) is 41.1 Å². The lowest BCUT2D eigenvalue weighted by Crippen LogP contribution is -2.27. The van der Waals surface area contributed by atoms with Crippen molar-refractivity contribution >= 4 is 29.0 Å². The average molecular weight is 465 g/mol. The predicted molar refractivity (Wildman–Crippen MR) is 117 cm³/mol. The van der Waals surface area contributed by atoms with Crippen molar-refractivity contribution in [2.75, 3.05) is 20.8 Å². The van der Waals surface area contributed by atoms with Crippen molar-refractivity contribution in [2.24, 2.45) is 0 Å². The quantitative estimate of drug-likeness (QED) is 0.415. The van der Waals surface area contributed by atoms with Gasteiger partial charge in [0.05, 0.1) is 16.5 Å². The number of ether oxygens (including phenoxy) is 1. The molecule has 0 aliphatic carbocycles. The number of benzene rings is 2. The van der Waals surface area contributed by atoms with E-state index in [1.165, 1.54) is 21.6 Å². The van der Waals surface area contributed by atoms with Gasteiger partial charge in [0.15, 0.2) is 4.77 Å². The average Bonchev–Trinajstić information content (AvgIpc) is 2.75. The number of carbonyl (C=O) groups excluding carboxylic acids is 1. The maximum atomic E-state index is 12.8. The van der Waals surface area contributed by atoms with Crippen LogP contribution in [0.15, 0.2) is 47.3 Å². The van der Waals surface area contributed by atoms with Crippen molar-refractivity contribution in [2.45, 2.75) is 25.7 Å². The standard InChI is InChI=1S/C22H22F3N3O3S/c1-27(13-14-4-7-16(8-5-14)22(23,24)25)19(29)15-6-9-17-18(12-15)26-21(32)28(20(17)30)10-3-11-31-2/h4-9,12H,3,10-11,13H2,1-2H3,(H,26,32). The molecule has 6 nitrogen and oxygen atoms in total. The number of nitrogens with zero attached hydrogens (tertiary/aromatic N) is 2. The third kappa shape index (κ3) is 5.25. The van der Waals surface area contributed by atoms with E-state index in [-0.39, 0.29) is 22.8 Å². The lowest BCUT2D eigenvalue weighted by Gasteiger charge is -2.18. The number of aromatic amines is 1. The molecule has 0 saturated carbocycles. The summed E-state index contributed by atoms with van der Waals surface area (Å²) < 4.78 is 44.9. The highest BCUT2D eigenvalue weighted by Crippen LogP contribution is 2.29. The summed E-state index contributed by atoms with van der Waals surface area (Å²) in [5.74, 6) is -0.338. The molecule has 1 amide bonds. The molecule has 0 atom stereocenters. The van der Waals surface area contributed by atoms with E-state index in [4.69, 9.17) is 17.0 Å². The summed E-state index contributed by atoms with van der Waals surface area (Å²) in [6.45, 7) is 1.04. The summed E-state index contributed by atoms with van der Waals surface area (Å²) in [7, 11) is 3.14. The molecule has 1 aromatic heterocycles. The van der Waals surface area contributed by atoms with Crippen LogP contribution in [0.2, 0.25) is 0 Å². The normalized spacial score (nSPS) is 11.7. The number of H-pyrrole nitrogens is 1. The highest BCUT2D eigenvalue weighted by Gasteiger charge is 2.30. The third-order valence-corrected chi connectivity index (χ3v) is 5.33. The fourth-order valence-corrected chi connectivity index (χ4v) is 3.61. The van der Waals surface area contributed by atoms with E-state index < -0.39 is 11.7 Å². The molecule has 0 unspecified atom stereocenters. The van der Waals surface area contributed by atoms with Crippen molar-refractivity contribution in [1.29, 1.82) is 0 Å². The lowest BCUT2D eigenvalue weighted by molar-refractivity contribution is -0.137. The van der Waals surface area contributed by atoms with Gasteiger partial charge in [0.1, 0.15) is 0 Å². The van der Waals surface area contributed by atoms with Gasteiger partial charge < -0.3 is 14.6 Å². The highest BCUT2D eigenvalue weighted by molar-refractivity contribution is 7.71. The van der Waals surface area contributed by atoms with Crippen LogP contribution in [-0.2, 0) is 24.0 Å². The Morgan fingerprint density at radius 1 is 1.19 bits per heavy atom. The molecular formula is C22H22F3N3O3S. The summed E-state index contributed by atoms with van der Waals surface area (Å²) in [4.78, 5) is 30.0. The molecule has 0 aliphatic rings. The SMILES string of the molecule is COCCCn1c(=S)[nH]c2cc(C(=O)N(C)Cc3ccc(C(F)(F)F)cc3)ccc2c1=O. The minimum atomic E-state index is -4.41. The molecule has 0 spiro atoms. The molecule has 32 heavy (non-hydrogen) atoms. The molecule has 2 aromatic carbocycles. The molecular weight excluding hydrogens is 443 g/mol. The molecule has 1 heterocycles. The summed E-state index contributed by atoms with van der Waals surface area (Å²) in [5.41, 5.74) is 0.337. The number of methoxy groups -OCH3 is 1. The number of halogens is 3. The largest absolute Gasteiger partial charge is 0.416 e. The number of hydrogen-bond donors (Lipinski definition) is 1. The van der Waals surface area contributed by atoms with E-state index in [9.17, 15) is 22.8 Å². The molecule has 3 rings (SSSR count). The number of fused-ring (bicyclic) bond motifs is 1. The Kier molecular flexibility index (Phi) is 7.15. The lowest BCUT2D eigenvalue weighted by atomic mass is 10.1. The predicted octanol–water partition coefficient (Wildman–Crippen LogP) is 4.39. The first kappa shape index (κ1) is 23.7. The van der Waals surface area contributed by atoms with Gasteiger partial charge in [-0.2, -0.15) is 13.2 Å². The second-order valence-electron chi connectivity index (χ2n) is 7.35. The zero-order valence-corrected chi connectivity index (χ0v) is 18.3. The monoisotopic (exact) mass is 465 g/mol. The van der Waals surface area contributed by atoms with Crippen LogP contribution in [0, 0.1) is 4.77 Å². The van der Waals surface area contributed by atoms with Crippen molar-refractivity contribution in [3.8, 4) is 0 Å². The Bertz CT molecular complexity index is 1230. The van der Waals surface area contributed by atoms with Crippen LogP contribution >= 0.6 is 12.2 Å². The first-order chi connectivity index (χ1) is 15.1. The van der Waals surface area contributed by atoms with Crippen molar-refractivity contribution < 1.29 is 22.7 Å². The first-order valence-electron chi connectivity index (χ1n) is 9.79. The highest BCUT2D eigenvalue weighted by atomic mass is 32.1. The van der Waals surface area contributed by atoms with Crippen LogP contribution in [0.25, 0.3) is 10.9 Å². The fraction of sp³-hybridized carbons (Fsp3) is 0.318. The van der Waals surface area contributed by atoms with Gasteiger partial charge in [-0.1, -0.05) is 12.1 Å². The summed E-state index contributed by atoms with van der Waals surface area (Å²) >= 11 is 5.29. The van der Waals surface area contributed by atoms with E-state index >= 15 is 0 Å². The topological polar surface area (TPSA) is 67.3 Å². The van der Waals surface area contributed by atoms with Crippen LogP contribution < -0.4 is 5.56 Å². The van der Waals surface area contributed by atoms with E-state index in [1.54, 1.807) is 32.4 Å². The molecule has 170 valence electrons. The van der Waals surface area contributed by atoms with Gasteiger partial charge in [0, 0.05) is 39.4 Å². The minimum Gasteiger partial charge on any atom is -0.385 e. The molecule has 0 fully saturated rings. The van der Waals surface area contributed by atoms with E-state index in [0.29, 0.717) is 41.6 Å². The van der Waals surface area contributed by atoms with Gasteiger partial charge >= 0.3 is 6.18 Å². The van der Waals surface area contributed by atoms with E-state index in [1.807, 2.05) is 0 Å². The number of amides is 1. The van der Waals surface area contributed by atoms with Gasteiger partial charge in [-0.3, -0.25) is 14.2 Å². The maximum Gasteiger partial charge on any atom is 0.416 e. The van der Waals surface area contributed by atoms with Gasteiger partial charge in [-0.15, -0.1) is 0 Å². The van der Waals surface area contributed by atoms with Crippen LogP contribution in [0.1, 0.15) is 27.9 Å². The Morgan fingerprint density at radius 3 is 2.50 bits per heavy atom. The fourth-order valence-electron chi connectivity index (χ4n) is 3.32. The number of hydrogen-bond acceptors (Lipinski definition) is 4. The van der Waals surface area contributed by atoms with Crippen LogP contribution in [0.4, 0.5) is 13.2 Å². The molecule has 0 saturated heterocycles. The molecule has 0 bridgehead atoms. The Labute approximate surface area is 187 Å². The second-order valence-corrected chi connectivity index (χ2v) is 7.74. The summed E-state index contributed by atoms with van der Waals surface area (Å²) in [5, 5.41) is 0.401. The van der Waals surface area contributed by atoms with Crippen molar-refractivity contribution in [3.63, 3.8) is 0 Å². The molecule has 1 N–H and O–H groups in total. The smallest absolute Gasteiger partial charge is 0.385 e. The third-order valence-electron chi connectivity index (χ3n) is 5.01.